The van der Waals surface area contributed by atoms with E-state index >= 15 is 0 Å². The molecule has 1 fully saturated rings. The zero-order valence-electron chi connectivity index (χ0n) is 11.9. The first kappa shape index (κ1) is 15.6. The average molecular weight is 322 g/mol. The van der Waals surface area contributed by atoms with Crippen LogP contribution < -0.4 is 0 Å². The Labute approximate surface area is 130 Å². The molecule has 1 heterocycles. The summed E-state index contributed by atoms with van der Waals surface area (Å²) in [7, 11) is 0. The number of ether oxygens (including phenoxy) is 1. The summed E-state index contributed by atoms with van der Waals surface area (Å²) in [6.07, 6.45) is -5.24. The van der Waals surface area contributed by atoms with Crippen LogP contribution in [0.2, 0.25) is 0 Å². The second kappa shape index (κ2) is 5.38. The van der Waals surface area contributed by atoms with E-state index in [0.29, 0.717) is 5.56 Å². The molecule has 0 spiro atoms. The third-order valence-corrected chi connectivity index (χ3v) is 3.88. The SMILES string of the molecule is O=C(O)C1(Cc2cccc(C(F)(F)F)c2)OC1c1ccccc1. The van der Waals surface area contributed by atoms with E-state index in [1.165, 1.54) is 12.1 Å². The summed E-state index contributed by atoms with van der Waals surface area (Å²) in [5, 5.41) is 9.48. The van der Waals surface area contributed by atoms with E-state index in [1.54, 1.807) is 30.3 Å². The molecule has 2 atom stereocenters. The molecule has 1 aliphatic heterocycles. The van der Waals surface area contributed by atoms with Gasteiger partial charge in [0.25, 0.3) is 0 Å². The molecule has 2 aromatic rings. The van der Waals surface area contributed by atoms with Crippen molar-refractivity contribution < 1.29 is 27.8 Å². The van der Waals surface area contributed by atoms with Crippen LogP contribution >= 0.6 is 0 Å². The third kappa shape index (κ3) is 2.94. The topological polar surface area (TPSA) is 49.8 Å². The minimum absolute atomic E-state index is 0.119. The van der Waals surface area contributed by atoms with Gasteiger partial charge in [-0.15, -0.1) is 0 Å². The Morgan fingerprint density at radius 3 is 2.43 bits per heavy atom. The Bertz CT molecular complexity index is 727. The van der Waals surface area contributed by atoms with Gasteiger partial charge in [-0.05, 0) is 17.2 Å². The highest BCUT2D eigenvalue weighted by Gasteiger charge is 2.63. The highest BCUT2D eigenvalue weighted by Crippen LogP contribution is 2.52. The van der Waals surface area contributed by atoms with Crippen LogP contribution in [0.1, 0.15) is 22.8 Å². The van der Waals surface area contributed by atoms with Crippen molar-refractivity contribution in [3.8, 4) is 0 Å². The number of epoxide rings is 1. The number of aliphatic carboxylic acids is 1. The monoisotopic (exact) mass is 322 g/mol. The van der Waals surface area contributed by atoms with Crippen molar-refractivity contribution in [1.82, 2.24) is 0 Å². The van der Waals surface area contributed by atoms with Gasteiger partial charge in [-0.3, -0.25) is 0 Å². The number of hydrogen-bond donors (Lipinski definition) is 1. The molecule has 0 saturated carbocycles. The van der Waals surface area contributed by atoms with E-state index in [2.05, 4.69) is 0 Å². The molecule has 2 aromatic carbocycles. The second-order valence-electron chi connectivity index (χ2n) is 5.48. The van der Waals surface area contributed by atoms with Crippen molar-refractivity contribution in [2.24, 2.45) is 0 Å². The maximum absolute atomic E-state index is 12.8. The first-order chi connectivity index (χ1) is 10.8. The fraction of sp³-hybridized carbons (Fsp3) is 0.235. The standard InChI is InChI=1S/C17H13F3O3/c18-17(19,20)13-8-4-5-11(9-13)10-16(15(21)22)14(23-16)12-6-2-1-3-7-12/h1-9,14H,10H2,(H,21,22). The van der Waals surface area contributed by atoms with Gasteiger partial charge in [0.2, 0.25) is 0 Å². The van der Waals surface area contributed by atoms with Gasteiger partial charge < -0.3 is 9.84 Å². The molecule has 0 aromatic heterocycles. The lowest BCUT2D eigenvalue weighted by molar-refractivity contribution is -0.143. The largest absolute Gasteiger partial charge is 0.479 e. The van der Waals surface area contributed by atoms with Crippen molar-refractivity contribution in [3.63, 3.8) is 0 Å². The van der Waals surface area contributed by atoms with Crippen LogP contribution in [-0.4, -0.2) is 16.7 Å². The number of benzene rings is 2. The second-order valence-corrected chi connectivity index (χ2v) is 5.48. The molecule has 0 bridgehead atoms. The molecule has 3 rings (SSSR count). The fourth-order valence-corrected chi connectivity index (χ4v) is 2.67. The van der Waals surface area contributed by atoms with Crippen LogP contribution in [0.5, 0.6) is 0 Å². The van der Waals surface area contributed by atoms with Crippen LogP contribution in [0, 0.1) is 0 Å². The number of carbonyl (C=O) groups is 1. The Morgan fingerprint density at radius 1 is 1.13 bits per heavy atom. The van der Waals surface area contributed by atoms with Gasteiger partial charge in [0, 0.05) is 6.42 Å². The van der Waals surface area contributed by atoms with E-state index in [0.717, 1.165) is 12.1 Å². The molecule has 1 aliphatic rings. The van der Waals surface area contributed by atoms with Crippen molar-refractivity contribution in [2.45, 2.75) is 24.3 Å². The first-order valence-corrected chi connectivity index (χ1v) is 6.95. The predicted octanol–water partition coefficient (Wildman–Crippen LogP) is 3.84. The van der Waals surface area contributed by atoms with Crippen LogP contribution in [0.3, 0.4) is 0 Å². The van der Waals surface area contributed by atoms with E-state index in [9.17, 15) is 23.1 Å². The molecule has 6 heteroatoms. The summed E-state index contributed by atoms with van der Waals surface area (Å²) in [4.78, 5) is 11.6. The van der Waals surface area contributed by atoms with E-state index in [1.807, 2.05) is 0 Å². The van der Waals surface area contributed by atoms with Gasteiger partial charge >= 0.3 is 12.1 Å². The van der Waals surface area contributed by atoms with Crippen molar-refractivity contribution in [3.05, 3.63) is 71.3 Å². The number of carboxylic acids is 1. The number of halogens is 3. The van der Waals surface area contributed by atoms with Crippen molar-refractivity contribution >= 4 is 5.97 Å². The van der Waals surface area contributed by atoms with Gasteiger partial charge in [-0.1, -0.05) is 48.5 Å². The molecule has 0 amide bonds. The Balaban J connectivity index is 1.87. The lowest BCUT2D eigenvalue weighted by Gasteiger charge is -2.11. The molecular weight excluding hydrogens is 309 g/mol. The summed E-state index contributed by atoms with van der Waals surface area (Å²) in [5.41, 5.74) is -1.33. The molecular formula is C17H13F3O3. The van der Waals surface area contributed by atoms with Crippen molar-refractivity contribution in [2.75, 3.05) is 0 Å². The van der Waals surface area contributed by atoms with E-state index in [4.69, 9.17) is 4.74 Å². The van der Waals surface area contributed by atoms with E-state index in [-0.39, 0.29) is 12.0 Å². The maximum Gasteiger partial charge on any atom is 0.416 e. The van der Waals surface area contributed by atoms with Crippen molar-refractivity contribution in [1.29, 1.82) is 0 Å². The molecule has 1 saturated heterocycles. The summed E-state index contributed by atoms with van der Waals surface area (Å²) in [6, 6.07) is 13.5. The number of rotatable bonds is 4. The Morgan fingerprint density at radius 2 is 1.83 bits per heavy atom. The quantitative estimate of drug-likeness (QED) is 0.870. The van der Waals surface area contributed by atoms with Crippen LogP contribution in [0.25, 0.3) is 0 Å². The zero-order chi connectivity index (χ0) is 16.7. The minimum atomic E-state index is -4.46. The normalized spacial score (nSPS) is 23.5. The summed E-state index contributed by atoms with van der Waals surface area (Å²) < 4.78 is 43.7. The molecule has 23 heavy (non-hydrogen) atoms. The number of alkyl halides is 3. The lowest BCUT2D eigenvalue weighted by atomic mass is 9.92. The molecule has 120 valence electrons. The summed E-state index contributed by atoms with van der Waals surface area (Å²) >= 11 is 0. The van der Waals surface area contributed by atoms with Gasteiger partial charge in [-0.25, -0.2) is 4.79 Å². The molecule has 0 aliphatic carbocycles. The molecule has 1 N–H and O–H groups in total. The zero-order valence-corrected chi connectivity index (χ0v) is 11.9. The van der Waals surface area contributed by atoms with Crippen LogP contribution in [0.4, 0.5) is 13.2 Å². The van der Waals surface area contributed by atoms with Crippen LogP contribution in [0.15, 0.2) is 54.6 Å². The Hall–Kier alpha value is -2.34. The van der Waals surface area contributed by atoms with Gasteiger partial charge in [0.15, 0.2) is 5.60 Å². The molecule has 0 radical (unpaired) electrons. The van der Waals surface area contributed by atoms with E-state index < -0.39 is 29.4 Å². The summed E-state index contributed by atoms with van der Waals surface area (Å²) in [5.74, 6) is -1.18. The smallest absolute Gasteiger partial charge is 0.416 e. The fourth-order valence-electron chi connectivity index (χ4n) is 2.67. The third-order valence-electron chi connectivity index (χ3n) is 3.88. The highest BCUT2D eigenvalue weighted by atomic mass is 19.4. The van der Waals surface area contributed by atoms with Gasteiger partial charge in [-0.2, -0.15) is 13.2 Å². The lowest BCUT2D eigenvalue weighted by Crippen LogP contribution is -2.28. The maximum atomic E-state index is 12.8. The highest BCUT2D eigenvalue weighted by molar-refractivity contribution is 5.82. The average Bonchev–Trinajstić information content (AvgIpc) is 3.23. The Kier molecular flexibility index (Phi) is 3.64. The van der Waals surface area contributed by atoms with Gasteiger partial charge in [0.05, 0.1) is 5.56 Å². The van der Waals surface area contributed by atoms with Gasteiger partial charge in [0.1, 0.15) is 6.10 Å². The first-order valence-electron chi connectivity index (χ1n) is 6.95. The number of carboxylic acid groups (broad SMARTS) is 1. The molecule has 3 nitrogen and oxygen atoms in total. The summed E-state index contributed by atoms with van der Waals surface area (Å²) in [6.45, 7) is 0. The minimum Gasteiger partial charge on any atom is -0.479 e. The predicted molar refractivity (Wildman–Crippen MR) is 75.8 cm³/mol. The number of hydrogen-bond acceptors (Lipinski definition) is 2. The van der Waals surface area contributed by atoms with Crippen LogP contribution in [-0.2, 0) is 22.1 Å². The molecule has 2 unspecified atom stereocenters.